The molecule has 2 heterocycles. The molecule has 0 spiro atoms. The van der Waals surface area contributed by atoms with Gasteiger partial charge in [-0.15, -0.1) is 0 Å². The van der Waals surface area contributed by atoms with E-state index in [1.807, 2.05) is 30.6 Å². The Morgan fingerprint density at radius 2 is 2.17 bits per heavy atom. The second-order valence-corrected chi connectivity index (χ2v) is 6.45. The van der Waals surface area contributed by atoms with Gasteiger partial charge in [0.1, 0.15) is 0 Å². The smallest absolute Gasteiger partial charge is 0.0991 e. The molecule has 118 valence electrons. The highest BCUT2D eigenvalue weighted by molar-refractivity contribution is 5.35. The number of hydrogen-bond acceptors (Lipinski definition) is 4. The highest BCUT2D eigenvalue weighted by Gasteiger charge is 2.19. The lowest BCUT2D eigenvalue weighted by molar-refractivity contribution is 0.243. The van der Waals surface area contributed by atoms with Crippen LogP contribution in [0.3, 0.4) is 0 Å². The van der Waals surface area contributed by atoms with Crippen molar-refractivity contribution in [2.75, 3.05) is 20.6 Å². The van der Waals surface area contributed by atoms with E-state index < -0.39 is 0 Å². The molecule has 0 unspecified atom stereocenters. The molecule has 1 aromatic carbocycles. The number of benzene rings is 1. The van der Waals surface area contributed by atoms with Crippen LogP contribution in [-0.2, 0) is 26.1 Å². The lowest BCUT2D eigenvalue weighted by atomic mass is 9.96. The normalized spacial score (nSPS) is 14.5. The molecule has 4 heteroatoms. The third-order valence-corrected chi connectivity index (χ3v) is 4.26. The topological polar surface area (TPSA) is 43.2 Å². The summed E-state index contributed by atoms with van der Waals surface area (Å²) in [4.78, 5) is 9.05. The molecule has 0 aliphatic carbocycles. The molecule has 1 aliphatic rings. The molecular formula is C19H22N4. The first-order chi connectivity index (χ1) is 11.2. The summed E-state index contributed by atoms with van der Waals surface area (Å²) in [7, 11) is 4.19. The minimum absolute atomic E-state index is 0.731. The Morgan fingerprint density at radius 3 is 2.96 bits per heavy atom. The van der Waals surface area contributed by atoms with Gasteiger partial charge in [-0.25, -0.2) is 0 Å². The first kappa shape index (κ1) is 15.7. The van der Waals surface area contributed by atoms with Gasteiger partial charge in [0.2, 0.25) is 0 Å². The van der Waals surface area contributed by atoms with Gasteiger partial charge in [-0.1, -0.05) is 12.1 Å². The van der Waals surface area contributed by atoms with E-state index in [9.17, 15) is 0 Å². The number of rotatable bonds is 4. The summed E-state index contributed by atoms with van der Waals surface area (Å²) >= 11 is 0. The summed E-state index contributed by atoms with van der Waals surface area (Å²) in [6.07, 6.45) is 5.08. The number of hydrogen-bond donors (Lipinski definition) is 0. The average Bonchev–Trinajstić information content (AvgIpc) is 2.54. The van der Waals surface area contributed by atoms with Crippen LogP contribution in [0.5, 0.6) is 0 Å². The molecule has 0 bridgehead atoms. The van der Waals surface area contributed by atoms with Crippen molar-refractivity contribution < 1.29 is 0 Å². The first-order valence-electron chi connectivity index (χ1n) is 7.96. The molecule has 23 heavy (non-hydrogen) atoms. The minimum Gasteiger partial charge on any atom is -0.305 e. The van der Waals surface area contributed by atoms with Crippen molar-refractivity contribution in [3.8, 4) is 6.07 Å². The van der Waals surface area contributed by atoms with Crippen LogP contribution in [0, 0.1) is 11.3 Å². The summed E-state index contributed by atoms with van der Waals surface area (Å²) < 4.78 is 0. The Morgan fingerprint density at radius 1 is 1.30 bits per heavy atom. The monoisotopic (exact) mass is 306 g/mol. The van der Waals surface area contributed by atoms with Crippen LogP contribution in [0.1, 0.15) is 27.8 Å². The van der Waals surface area contributed by atoms with Gasteiger partial charge >= 0.3 is 0 Å². The summed E-state index contributed by atoms with van der Waals surface area (Å²) in [5.74, 6) is 0. The quantitative estimate of drug-likeness (QED) is 0.871. The molecule has 0 saturated carbocycles. The number of nitriles is 1. The van der Waals surface area contributed by atoms with E-state index in [0.717, 1.165) is 38.2 Å². The fraction of sp³-hybridized carbons (Fsp3) is 0.368. The Hall–Kier alpha value is -2.22. The summed E-state index contributed by atoms with van der Waals surface area (Å²) in [6, 6.07) is 10.1. The van der Waals surface area contributed by atoms with E-state index in [0.29, 0.717) is 0 Å². The number of fused-ring (bicyclic) bond motifs is 1. The minimum atomic E-state index is 0.731. The largest absolute Gasteiger partial charge is 0.305 e. The van der Waals surface area contributed by atoms with Crippen LogP contribution in [0.25, 0.3) is 0 Å². The number of pyridine rings is 1. The Labute approximate surface area is 138 Å². The van der Waals surface area contributed by atoms with Crippen LogP contribution < -0.4 is 0 Å². The molecule has 3 rings (SSSR count). The van der Waals surface area contributed by atoms with Gasteiger partial charge in [0.15, 0.2) is 0 Å². The van der Waals surface area contributed by atoms with Crippen LogP contribution in [-0.4, -0.2) is 35.4 Å². The number of aromatic nitrogens is 1. The maximum atomic E-state index is 9.02. The van der Waals surface area contributed by atoms with Gasteiger partial charge in [0, 0.05) is 38.6 Å². The molecule has 0 radical (unpaired) electrons. The van der Waals surface area contributed by atoms with Crippen molar-refractivity contribution in [2.24, 2.45) is 0 Å². The third kappa shape index (κ3) is 3.76. The maximum absolute atomic E-state index is 9.02. The Balaban J connectivity index is 1.74. The van der Waals surface area contributed by atoms with Gasteiger partial charge in [-0.2, -0.15) is 5.26 Å². The van der Waals surface area contributed by atoms with E-state index in [-0.39, 0.29) is 0 Å². The second-order valence-electron chi connectivity index (χ2n) is 6.45. The molecule has 0 amide bonds. The molecule has 0 saturated heterocycles. The molecule has 0 atom stereocenters. The number of nitrogens with zero attached hydrogens (tertiary/aromatic N) is 4. The fourth-order valence-electron chi connectivity index (χ4n) is 3.24. The molecule has 0 fully saturated rings. The maximum Gasteiger partial charge on any atom is 0.0991 e. The third-order valence-electron chi connectivity index (χ3n) is 4.26. The highest BCUT2D eigenvalue weighted by Crippen LogP contribution is 2.23. The van der Waals surface area contributed by atoms with E-state index >= 15 is 0 Å². The first-order valence-corrected chi connectivity index (χ1v) is 7.96. The molecule has 4 nitrogen and oxygen atoms in total. The average molecular weight is 306 g/mol. The van der Waals surface area contributed by atoms with Crippen LogP contribution in [0.4, 0.5) is 0 Å². The zero-order chi connectivity index (χ0) is 16.2. The summed E-state index contributed by atoms with van der Waals surface area (Å²) in [6.45, 7) is 3.81. The standard InChI is InChI=1S/C19H22N4/c1-22(2)13-17-10-21-11-18-14-23(7-6-19(17)18)12-16-5-3-4-15(8-16)9-20/h3-5,8,10-11H,6-7,12-14H2,1-2H3. The fourth-order valence-corrected chi connectivity index (χ4v) is 3.24. The molecular weight excluding hydrogens is 284 g/mol. The van der Waals surface area contributed by atoms with Gasteiger partial charge in [0.05, 0.1) is 11.6 Å². The van der Waals surface area contributed by atoms with Crippen molar-refractivity contribution in [1.82, 2.24) is 14.8 Å². The predicted octanol–water partition coefficient (Wildman–Crippen LogP) is 2.57. The molecule has 0 N–H and O–H groups in total. The van der Waals surface area contributed by atoms with Gasteiger partial charge < -0.3 is 4.90 Å². The van der Waals surface area contributed by atoms with Gasteiger partial charge in [-0.05, 0) is 54.9 Å². The predicted molar refractivity (Wildman–Crippen MR) is 90.6 cm³/mol. The van der Waals surface area contributed by atoms with Crippen molar-refractivity contribution in [1.29, 1.82) is 5.26 Å². The van der Waals surface area contributed by atoms with E-state index in [2.05, 4.69) is 41.0 Å². The Kier molecular flexibility index (Phi) is 4.71. The van der Waals surface area contributed by atoms with Crippen molar-refractivity contribution in [3.63, 3.8) is 0 Å². The van der Waals surface area contributed by atoms with Gasteiger partial charge in [-0.3, -0.25) is 9.88 Å². The van der Waals surface area contributed by atoms with Gasteiger partial charge in [0.25, 0.3) is 0 Å². The SMILES string of the molecule is CN(C)Cc1cncc2c1CCN(Cc1cccc(C#N)c1)C2. The summed E-state index contributed by atoms with van der Waals surface area (Å²) in [5.41, 5.74) is 6.08. The van der Waals surface area contributed by atoms with Crippen molar-refractivity contribution in [3.05, 3.63) is 64.5 Å². The Bertz CT molecular complexity index is 730. The van der Waals surface area contributed by atoms with E-state index in [4.69, 9.17) is 5.26 Å². The zero-order valence-corrected chi connectivity index (χ0v) is 13.8. The van der Waals surface area contributed by atoms with E-state index in [1.165, 1.54) is 22.3 Å². The van der Waals surface area contributed by atoms with Crippen LogP contribution in [0.15, 0.2) is 36.7 Å². The summed E-state index contributed by atoms with van der Waals surface area (Å²) in [5, 5.41) is 9.02. The lowest BCUT2D eigenvalue weighted by Crippen LogP contribution is -2.31. The zero-order valence-electron chi connectivity index (χ0n) is 13.8. The molecule has 2 aromatic rings. The lowest BCUT2D eigenvalue weighted by Gasteiger charge is -2.30. The highest BCUT2D eigenvalue weighted by atomic mass is 15.1. The molecule has 1 aromatic heterocycles. The molecule has 1 aliphatic heterocycles. The van der Waals surface area contributed by atoms with E-state index in [1.54, 1.807) is 0 Å². The second kappa shape index (κ2) is 6.91. The van der Waals surface area contributed by atoms with Crippen molar-refractivity contribution >= 4 is 0 Å². The van der Waals surface area contributed by atoms with Crippen molar-refractivity contribution in [2.45, 2.75) is 26.1 Å². The van der Waals surface area contributed by atoms with Crippen LogP contribution >= 0.6 is 0 Å². The van der Waals surface area contributed by atoms with Crippen LogP contribution in [0.2, 0.25) is 0 Å².